The molecule has 59 heavy (non-hydrogen) atoms. The van der Waals surface area contributed by atoms with Gasteiger partial charge in [-0.15, -0.1) is 0 Å². The van der Waals surface area contributed by atoms with E-state index in [1.54, 1.807) is 0 Å². The molecule has 0 radical (unpaired) electrons. The van der Waals surface area contributed by atoms with Crippen molar-refractivity contribution in [3.63, 3.8) is 0 Å². The van der Waals surface area contributed by atoms with Gasteiger partial charge >= 0.3 is 17.9 Å². The third-order valence-electron chi connectivity index (χ3n) is 12.0. The molecule has 0 aromatic rings. The van der Waals surface area contributed by atoms with Crippen molar-refractivity contribution in [1.29, 1.82) is 0 Å². The molecule has 0 saturated carbocycles. The van der Waals surface area contributed by atoms with Crippen LogP contribution in [0.15, 0.2) is 0 Å². The Kier molecular flexibility index (Phi) is 44.7. The third kappa shape index (κ3) is 47.3. The molecule has 0 rings (SSSR count). The first-order valence-electron chi connectivity index (χ1n) is 26.2. The Morgan fingerprint density at radius 1 is 0.322 bits per heavy atom. The summed E-state index contributed by atoms with van der Waals surface area (Å²) >= 11 is 0. The van der Waals surface area contributed by atoms with Crippen molar-refractivity contribution in [2.45, 2.75) is 298 Å². The van der Waals surface area contributed by atoms with Gasteiger partial charge in [0.15, 0.2) is 6.10 Å². The van der Waals surface area contributed by atoms with E-state index in [1.165, 1.54) is 180 Å². The zero-order valence-electron chi connectivity index (χ0n) is 40.4. The SMILES string of the molecule is CCCCCCCCCCCCCCCC(=O)OC[C@H](COC(=O)CCCCCCCCCCC(C)C)OC(=O)CCCCCCCCCCCCCCCCC(C)C. The van der Waals surface area contributed by atoms with E-state index in [0.717, 1.165) is 69.6 Å². The lowest BCUT2D eigenvalue weighted by Gasteiger charge is -2.18. The summed E-state index contributed by atoms with van der Waals surface area (Å²) in [5, 5.41) is 0. The maximum absolute atomic E-state index is 12.8. The van der Waals surface area contributed by atoms with Crippen molar-refractivity contribution in [3.8, 4) is 0 Å². The number of rotatable bonds is 47. The number of hydrogen-bond donors (Lipinski definition) is 0. The number of esters is 3. The second-order valence-electron chi connectivity index (χ2n) is 19.1. The quantitative estimate of drug-likeness (QED) is 0.0345. The minimum Gasteiger partial charge on any atom is -0.462 e. The summed E-state index contributed by atoms with van der Waals surface area (Å²) in [6.45, 7) is 11.4. The van der Waals surface area contributed by atoms with Gasteiger partial charge < -0.3 is 14.2 Å². The summed E-state index contributed by atoms with van der Waals surface area (Å²) in [7, 11) is 0. The van der Waals surface area contributed by atoms with E-state index < -0.39 is 6.10 Å². The Morgan fingerprint density at radius 2 is 0.559 bits per heavy atom. The summed E-state index contributed by atoms with van der Waals surface area (Å²) in [6.07, 6.45) is 46.6. The van der Waals surface area contributed by atoms with Crippen molar-refractivity contribution in [2.75, 3.05) is 13.2 Å². The summed E-state index contributed by atoms with van der Waals surface area (Å²) in [5.41, 5.74) is 0. The zero-order chi connectivity index (χ0) is 43.3. The van der Waals surface area contributed by atoms with Crippen molar-refractivity contribution in [3.05, 3.63) is 0 Å². The van der Waals surface area contributed by atoms with E-state index in [1.807, 2.05) is 0 Å². The Hall–Kier alpha value is -1.59. The Morgan fingerprint density at radius 3 is 0.831 bits per heavy atom. The maximum atomic E-state index is 12.8. The topological polar surface area (TPSA) is 78.9 Å². The molecule has 0 unspecified atom stereocenters. The van der Waals surface area contributed by atoms with Crippen LogP contribution in [0, 0.1) is 11.8 Å². The summed E-state index contributed by atoms with van der Waals surface area (Å²) in [4.78, 5) is 37.9. The first-order valence-corrected chi connectivity index (χ1v) is 26.2. The number of unbranched alkanes of at least 4 members (excludes halogenated alkanes) is 32. The fourth-order valence-electron chi connectivity index (χ4n) is 7.99. The minimum atomic E-state index is -0.761. The molecule has 0 amide bonds. The van der Waals surface area contributed by atoms with Crippen LogP contribution in [0.25, 0.3) is 0 Å². The highest BCUT2D eigenvalue weighted by atomic mass is 16.6. The van der Waals surface area contributed by atoms with E-state index in [4.69, 9.17) is 14.2 Å². The molecule has 0 fully saturated rings. The van der Waals surface area contributed by atoms with Crippen LogP contribution in [0.4, 0.5) is 0 Å². The molecule has 0 saturated heterocycles. The highest BCUT2D eigenvalue weighted by Gasteiger charge is 2.19. The van der Waals surface area contributed by atoms with Gasteiger partial charge in [-0.1, -0.05) is 253 Å². The first kappa shape index (κ1) is 57.4. The Bertz CT molecular complexity index is 900. The second-order valence-corrected chi connectivity index (χ2v) is 19.1. The van der Waals surface area contributed by atoms with Gasteiger partial charge in [-0.05, 0) is 31.1 Å². The van der Waals surface area contributed by atoms with Crippen molar-refractivity contribution < 1.29 is 28.6 Å². The van der Waals surface area contributed by atoms with Crippen LogP contribution in [-0.2, 0) is 28.6 Å². The zero-order valence-corrected chi connectivity index (χ0v) is 40.4. The average molecular weight is 835 g/mol. The van der Waals surface area contributed by atoms with Crippen LogP contribution in [0.1, 0.15) is 291 Å². The standard InChI is InChI=1S/C53H102O6/c1-6-7-8-9-10-11-12-15-19-22-28-33-38-43-51(54)57-46-50(47-58-52(55)44-39-34-29-25-24-27-32-37-42-49(4)5)59-53(56)45-40-35-30-23-20-17-14-13-16-18-21-26-31-36-41-48(2)3/h48-50H,6-47H2,1-5H3/t50-/m1/s1. The summed E-state index contributed by atoms with van der Waals surface area (Å²) in [5.74, 6) is 0.792. The van der Waals surface area contributed by atoms with E-state index >= 15 is 0 Å². The van der Waals surface area contributed by atoms with Crippen LogP contribution in [0.2, 0.25) is 0 Å². The number of hydrogen-bond acceptors (Lipinski definition) is 6. The molecule has 0 aliphatic carbocycles. The highest BCUT2D eigenvalue weighted by Crippen LogP contribution is 2.17. The van der Waals surface area contributed by atoms with Crippen LogP contribution in [0.5, 0.6) is 0 Å². The predicted octanol–water partition coefficient (Wildman–Crippen LogP) is 16.9. The lowest BCUT2D eigenvalue weighted by Crippen LogP contribution is -2.30. The van der Waals surface area contributed by atoms with Crippen LogP contribution >= 0.6 is 0 Å². The average Bonchev–Trinajstić information content (AvgIpc) is 3.20. The Labute approximate surface area is 368 Å². The predicted molar refractivity (Wildman–Crippen MR) is 252 cm³/mol. The van der Waals surface area contributed by atoms with Gasteiger partial charge in [0.05, 0.1) is 0 Å². The molecule has 0 heterocycles. The summed E-state index contributed by atoms with van der Waals surface area (Å²) < 4.78 is 16.8. The van der Waals surface area contributed by atoms with E-state index in [9.17, 15) is 14.4 Å². The van der Waals surface area contributed by atoms with Gasteiger partial charge in [-0.3, -0.25) is 14.4 Å². The van der Waals surface area contributed by atoms with E-state index in [-0.39, 0.29) is 31.1 Å². The molecule has 0 bridgehead atoms. The molecular weight excluding hydrogens is 733 g/mol. The fraction of sp³-hybridized carbons (Fsp3) is 0.943. The van der Waals surface area contributed by atoms with Crippen LogP contribution < -0.4 is 0 Å². The van der Waals surface area contributed by atoms with E-state index in [2.05, 4.69) is 34.6 Å². The minimum absolute atomic E-state index is 0.0637. The maximum Gasteiger partial charge on any atom is 0.306 e. The van der Waals surface area contributed by atoms with Crippen molar-refractivity contribution >= 4 is 17.9 Å². The molecule has 0 aliphatic heterocycles. The van der Waals surface area contributed by atoms with Crippen molar-refractivity contribution in [2.24, 2.45) is 11.8 Å². The van der Waals surface area contributed by atoms with Gasteiger partial charge in [0.25, 0.3) is 0 Å². The molecule has 0 spiro atoms. The number of carbonyl (C=O) groups excluding carboxylic acids is 3. The smallest absolute Gasteiger partial charge is 0.306 e. The lowest BCUT2D eigenvalue weighted by molar-refractivity contribution is -0.167. The van der Waals surface area contributed by atoms with E-state index in [0.29, 0.717) is 19.3 Å². The van der Waals surface area contributed by atoms with Crippen LogP contribution in [-0.4, -0.2) is 37.2 Å². The third-order valence-corrected chi connectivity index (χ3v) is 12.0. The van der Waals surface area contributed by atoms with Gasteiger partial charge in [-0.2, -0.15) is 0 Å². The second kappa shape index (κ2) is 45.9. The number of ether oxygens (including phenoxy) is 3. The lowest BCUT2D eigenvalue weighted by atomic mass is 10.0. The van der Waals surface area contributed by atoms with Crippen molar-refractivity contribution in [1.82, 2.24) is 0 Å². The molecule has 350 valence electrons. The molecule has 0 aromatic heterocycles. The highest BCUT2D eigenvalue weighted by molar-refractivity contribution is 5.71. The van der Waals surface area contributed by atoms with Gasteiger partial charge in [-0.25, -0.2) is 0 Å². The molecular formula is C53H102O6. The molecule has 0 aromatic carbocycles. The first-order chi connectivity index (χ1) is 28.7. The molecule has 0 N–H and O–H groups in total. The van der Waals surface area contributed by atoms with Gasteiger partial charge in [0, 0.05) is 19.3 Å². The summed E-state index contributed by atoms with van der Waals surface area (Å²) in [6, 6.07) is 0. The molecule has 6 heteroatoms. The normalized spacial score (nSPS) is 12.1. The Balaban J connectivity index is 4.29. The monoisotopic (exact) mass is 835 g/mol. The number of carbonyl (C=O) groups is 3. The molecule has 1 atom stereocenters. The largest absolute Gasteiger partial charge is 0.462 e. The molecule has 0 aliphatic rings. The molecule has 6 nitrogen and oxygen atoms in total. The van der Waals surface area contributed by atoms with Gasteiger partial charge in [0.2, 0.25) is 0 Å². The van der Waals surface area contributed by atoms with Gasteiger partial charge in [0.1, 0.15) is 13.2 Å². The fourth-order valence-corrected chi connectivity index (χ4v) is 7.99. The van der Waals surface area contributed by atoms with Crippen LogP contribution in [0.3, 0.4) is 0 Å².